The molecule has 0 fully saturated rings. The zero-order valence-corrected chi connectivity index (χ0v) is 6.97. The van der Waals surface area contributed by atoms with Crippen LogP contribution in [0.5, 0.6) is 0 Å². The van der Waals surface area contributed by atoms with Gasteiger partial charge >= 0.3 is 5.97 Å². The van der Waals surface area contributed by atoms with Gasteiger partial charge in [-0.3, -0.25) is 0 Å². The lowest BCUT2D eigenvalue weighted by atomic mass is 10.6. The first-order valence-electron chi connectivity index (χ1n) is 3.11. The topological polar surface area (TPSA) is 71.4 Å². The van der Waals surface area contributed by atoms with Gasteiger partial charge in [0.05, 0.1) is 5.75 Å². The van der Waals surface area contributed by atoms with Crippen LogP contribution in [-0.4, -0.2) is 25.2 Å². The summed E-state index contributed by atoms with van der Waals surface area (Å²) in [7, 11) is -3.29. The van der Waals surface area contributed by atoms with Crippen molar-refractivity contribution >= 4 is 15.8 Å². The summed E-state index contributed by atoms with van der Waals surface area (Å²) in [5.41, 5.74) is 0. The standard InChI is InChI=1S/C6H10O4S/c1-2-4-11(9,10)5-3-6(7)8/h3,5H,2,4H2,1H3,(H,7,8)/b5-3+. The molecule has 0 spiro atoms. The number of sulfone groups is 1. The van der Waals surface area contributed by atoms with Crippen molar-refractivity contribution in [2.45, 2.75) is 13.3 Å². The van der Waals surface area contributed by atoms with Gasteiger partial charge in [-0.2, -0.15) is 0 Å². The molecule has 0 saturated carbocycles. The predicted molar refractivity (Wildman–Crippen MR) is 40.9 cm³/mol. The van der Waals surface area contributed by atoms with Crippen LogP contribution in [0.2, 0.25) is 0 Å². The van der Waals surface area contributed by atoms with Gasteiger partial charge in [0.15, 0.2) is 9.84 Å². The summed E-state index contributed by atoms with van der Waals surface area (Å²) >= 11 is 0. The molecule has 4 nitrogen and oxygen atoms in total. The summed E-state index contributed by atoms with van der Waals surface area (Å²) in [6.07, 6.45) is 1.12. The van der Waals surface area contributed by atoms with E-state index in [1.165, 1.54) is 0 Å². The van der Waals surface area contributed by atoms with Gasteiger partial charge in [0.1, 0.15) is 0 Å². The Kier molecular flexibility index (Phi) is 3.81. The molecule has 0 unspecified atom stereocenters. The van der Waals surface area contributed by atoms with Crippen LogP contribution in [0.1, 0.15) is 13.3 Å². The molecule has 0 aromatic heterocycles. The molecule has 64 valence electrons. The third-order valence-electron chi connectivity index (χ3n) is 0.907. The molecule has 0 amide bonds. The van der Waals surface area contributed by atoms with Crippen molar-refractivity contribution in [1.82, 2.24) is 0 Å². The molecule has 0 saturated heterocycles. The molecule has 0 aliphatic heterocycles. The van der Waals surface area contributed by atoms with Gasteiger partial charge in [-0.05, 0) is 6.42 Å². The van der Waals surface area contributed by atoms with Crippen LogP contribution in [0.25, 0.3) is 0 Å². The fraction of sp³-hybridized carbons (Fsp3) is 0.500. The zero-order valence-electron chi connectivity index (χ0n) is 6.15. The van der Waals surface area contributed by atoms with Crippen molar-refractivity contribution in [3.63, 3.8) is 0 Å². The second-order valence-electron chi connectivity index (χ2n) is 2.01. The highest BCUT2D eigenvalue weighted by molar-refractivity contribution is 7.94. The SMILES string of the molecule is CCCS(=O)(=O)/C=C/C(=O)O. The second kappa shape index (κ2) is 4.12. The van der Waals surface area contributed by atoms with Crippen LogP contribution in [0, 0.1) is 0 Å². The van der Waals surface area contributed by atoms with E-state index in [2.05, 4.69) is 0 Å². The summed E-state index contributed by atoms with van der Waals surface area (Å²) in [5, 5.41) is 8.81. The van der Waals surface area contributed by atoms with E-state index in [9.17, 15) is 13.2 Å². The van der Waals surface area contributed by atoms with Crippen LogP contribution in [0.4, 0.5) is 0 Å². The summed E-state index contributed by atoms with van der Waals surface area (Å²) in [6.45, 7) is 1.71. The Morgan fingerprint density at radius 3 is 2.45 bits per heavy atom. The molecule has 5 heteroatoms. The molecule has 11 heavy (non-hydrogen) atoms. The molecule has 0 aromatic rings. The molecule has 0 radical (unpaired) electrons. The quantitative estimate of drug-likeness (QED) is 0.633. The predicted octanol–water partition coefficient (Wildman–Crippen LogP) is 0.410. The number of hydrogen-bond donors (Lipinski definition) is 1. The average molecular weight is 178 g/mol. The Balaban J connectivity index is 4.25. The van der Waals surface area contributed by atoms with Crippen molar-refractivity contribution in [2.75, 3.05) is 5.75 Å². The van der Waals surface area contributed by atoms with Crippen LogP contribution in [-0.2, 0) is 14.6 Å². The minimum Gasteiger partial charge on any atom is -0.478 e. The Morgan fingerprint density at radius 1 is 1.55 bits per heavy atom. The lowest BCUT2D eigenvalue weighted by Crippen LogP contribution is -2.01. The first kappa shape index (κ1) is 10.2. The average Bonchev–Trinajstić information content (AvgIpc) is 1.84. The number of carbonyl (C=O) groups is 1. The molecular weight excluding hydrogens is 168 g/mol. The van der Waals surface area contributed by atoms with Gasteiger partial charge < -0.3 is 5.11 Å². The molecule has 0 bridgehead atoms. The van der Waals surface area contributed by atoms with E-state index in [4.69, 9.17) is 5.11 Å². The van der Waals surface area contributed by atoms with Crippen molar-refractivity contribution < 1.29 is 18.3 Å². The molecule has 0 aliphatic rings. The lowest BCUT2D eigenvalue weighted by molar-refractivity contribution is -0.131. The van der Waals surface area contributed by atoms with E-state index >= 15 is 0 Å². The minimum absolute atomic E-state index is 0.00319. The first-order valence-corrected chi connectivity index (χ1v) is 4.83. The van der Waals surface area contributed by atoms with Gasteiger partial charge in [-0.15, -0.1) is 0 Å². The Labute approximate surface area is 65.5 Å². The van der Waals surface area contributed by atoms with Crippen molar-refractivity contribution in [3.05, 3.63) is 11.5 Å². The molecule has 0 atom stereocenters. The lowest BCUT2D eigenvalue weighted by Gasteiger charge is -1.91. The van der Waals surface area contributed by atoms with Gasteiger partial charge in [0.25, 0.3) is 0 Å². The van der Waals surface area contributed by atoms with Gasteiger partial charge in [-0.25, -0.2) is 13.2 Å². The number of carboxylic acid groups (broad SMARTS) is 1. The molecule has 0 heterocycles. The molecular formula is C6H10O4S. The maximum atomic E-state index is 10.8. The van der Waals surface area contributed by atoms with Gasteiger partial charge in [0, 0.05) is 11.5 Å². The third-order valence-corrected chi connectivity index (χ3v) is 2.43. The fourth-order valence-electron chi connectivity index (χ4n) is 0.514. The second-order valence-corrected chi connectivity index (χ2v) is 4.01. The highest BCUT2D eigenvalue weighted by Crippen LogP contribution is 1.94. The number of hydrogen-bond acceptors (Lipinski definition) is 3. The Bertz CT molecular complexity index is 250. The maximum absolute atomic E-state index is 10.8. The molecule has 0 aliphatic carbocycles. The monoisotopic (exact) mass is 178 g/mol. The first-order chi connectivity index (χ1) is 4.98. The van der Waals surface area contributed by atoms with E-state index in [0.29, 0.717) is 12.5 Å². The molecule has 0 aromatic carbocycles. The van der Waals surface area contributed by atoms with Crippen molar-refractivity contribution in [2.24, 2.45) is 0 Å². The fourth-order valence-corrected chi connectivity index (χ4v) is 1.54. The van der Waals surface area contributed by atoms with E-state index in [-0.39, 0.29) is 5.75 Å². The van der Waals surface area contributed by atoms with E-state index in [0.717, 1.165) is 5.41 Å². The van der Waals surface area contributed by atoms with Crippen LogP contribution < -0.4 is 0 Å². The van der Waals surface area contributed by atoms with E-state index in [1.54, 1.807) is 6.92 Å². The molecule has 1 N–H and O–H groups in total. The van der Waals surface area contributed by atoms with Gasteiger partial charge in [-0.1, -0.05) is 6.92 Å². The van der Waals surface area contributed by atoms with Crippen LogP contribution in [0.15, 0.2) is 11.5 Å². The highest BCUT2D eigenvalue weighted by Gasteiger charge is 2.03. The summed E-state index contributed by atoms with van der Waals surface area (Å²) in [4.78, 5) is 9.90. The third kappa shape index (κ3) is 5.60. The summed E-state index contributed by atoms with van der Waals surface area (Å²) in [6, 6.07) is 0. The molecule has 0 rings (SSSR count). The smallest absolute Gasteiger partial charge is 0.329 e. The van der Waals surface area contributed by atoms with Gasteiger partial charge in [0.2, 0.25) is 0 Å². The number of aliphatic carboxylic acids is 1. The zero-order chi connectivity index (χ0) is 8.91. The normalized spacial score (nSPS) is 12.1. The minimum atomic E-state index is -3.29. The maximum Gasteiger partial charge on any atom is 0.329 e. The largest absolute Gasteiger partial charge is 0.478 e. The van der Waals surface area contributed by atoms with Crippen molar-refractivity contribution in [3.8, 4) is 0 Å². The number of carboxylic acids is 1. The summed E-state index contributed by atoms with van der Waals surface area (Å²) < 4.78 is 21.6. The summed E-state index contributed by atoms with van der Waals surface area (Å²) in [5.74, 6) is -1.25. The van der Waals surface area contributed by atoms with Crippen molar-refractivity contribution in [1.29, 1.82) is 0 Å². The van der Waals surface area contributed by atoms with Crippen LogP contribution in [0.3, 0.4) is 0 Å². The van der Waals surface area contributed by atoms with E-state index < -0.39 is 15.8 Å². The highest BCUT2D eigenvalue weighted by atomic mass is 32.2. The number of rotatable bonds is 4. The van der Waals surface area contributed by atoms with Crippen LogP contribution >= 0.6 is 0 Å². The Hall–Kier alpha value is -0.840. The Morgan fingerprint density at radius 2 is 2.09 bits per heavy atom. The van der Waals surface area contributed by atoms with E-state index in [1.807, 2.05) is 0 Å².